The van der Waals surface area contributed by atoms with E-state index in [1.54, 1.807) is 0 Å². The van der Waals surface area contributed by atoms with Gasteiger partial charge in [0, 0.05) is 5.69 Å². The van der Waals surface area contributed by atoms with Crippen LogP contribution in [0.2, 0.25) is 0 Å². The molecule has 140 valence electrons. The number of rotatable bonds is 7. The van der Waals surface area contributed by atoms with Crippen LogP contribution in [0.3, 0.4) is 0 Å². The first kappa shape index (κ1) is 18.6. The van der Waals surface area contributed by atoms with Crippen LogP contribution in [0.25, 0.3) is 0 Å². The second-order valence-corrected chi connectivity index (χ2v) is 7.06. The largest absolute Gasteiger partial charge is 0.321 e. The van der Waals surface area contributed by atoms with Crippen molar-refractivity contribution in [1.82, 2.24) is 20.3 Å². The molecular formula is C20H29N5O. The number of nitrogens with zero attached hydrogens (tertiary/aromatic N) is 3. The zero-order chi connectivity index (χ0) is 18.4. The minimum absolute atomic E-state index is 0.193. The molecule has 2 N–H and O–H groups in total. The standard InChI is InChI=1S/C20H29N5O/c1-3-4-5-6-16-7-9-17(10-8-16)22-20(26)19-15(2)25(24-23-19)18-11-13-21-14-12-18/h7-10,18,21H,3-6,11-14H2,1-2H3,(H,22,26). The molecule has 1 aromatic carbocycles. The van der Waals surface area contributed by atoms with Crippen LogP contribution in [0.5, 0.6) is 0 Å². The van der Waals surface area contributed by atoms with Crippen molar-refractivity contribution in [2.75, 3.05) is 18.4 Å². The number of carbonyl (C=O) groups excluding carboxylic acids is 1. The van der Waals surface area contributed by atoms with Crippen molar-refractivity contribution in [1.29, 1.82) is 0 Å². The van der Waals surface area contributed by atoms with Gasteiger partial charge in [-0.05, 0) is 63.4 Å². The van der Waals surface area contributed by atoms with Gasteiger partial charge in [-0.25, -0.2) is 4.68 Å². The molecule has 0 saturated carbocycles. The van der Waals surface area contributed by atoms with E-state index in [4.69, 9.17) is 0 Å². The van der Waals surface area contributed by atoms with E-state index in [0.29, 0.717) is 11.7 Å². The first-order chi connectivity index (χ1) is 12.7. The Morgan fingerprint density at radius 3 is 2.65 bits per heavy atom. The molecule has 1 amide bonds. The molecule has 26 heavy (non-hydrogen) atoms. The SMILES string of the molecule is CCCCCc1ccc(NC(=O)c2nnn(C3CCNCC3)c2C)cc1. The summed E-state index contributed by atoms with van der Waals surface area (Å²) in [5.41, 5.74) is 3.36. The molecule has 6 nitrogen and oxygen atoms in total. The monoisotopic (exact) mass is 355 g/mol. The molecule has 6 heteroatoms. The van der Waals surface area contributed by atoms with Crippen molar-refractivity contribution < 1.29 is 4.79 Å². The first-order valence-corrected chi connectivity index (χ1v) is 9.72. The summed E-state index contributed by atoms with van der Waals surface area (Å²) in [5, 5.41) is 14.7. The smallest absolute Gasteiger partial charge is 0.278 e. The molecule has 2 aromatic rings. The molecule has 0 aliphatic carbocycles. The van der Waals surface area contributed by atoms with E-state index >= 15 is 0 Å². The summed E-state index contributed by atoms with van der Waals surface area (Å²) in [6.07, 6.45) is 6.82. The van der Waals surface area contributed by atoms with Crippen molar-refractivity contribution in [2.45, 2.75) is 58.4 Å². The molecule has 1 fully saturated rings. The number of hydrogen-bond donors (Lipinski definition) is 2. The fraction of sp³-hybridized carbons (Fsp3) is 0.550. The average molecular weight is 355 g/mol. The summed E-state index contributed by atoms with van der Waals surface area (Å²) >= 11 is 0. The van der Waals surface area contributed by atoms with Gasteiger partial charge < -0.3 is 10.6 Å². The molecule has 0 bridgehead atoms. The zero-order valence-electron chi connectivity index (χ0n) is 15.8. The van der Waals surface area contributed by atoms with Gasteiger partial charge in [-0.3, -0.25) is 4.79 Å². The Morgan fingerprint density at radius 1 is 1.23 bits per heavy atom. The van der Waals surface area contributed by atoms with Gasteiger partial charge in [-0.1, -0.05) is 37.1 Å². The molecule has 1 aliphatic heterocycles. The lowest BCUT2D eigenvalue weighted by atomic mass is 10.1. The van der Waals surface area contributed by atoms with E-state index in [2.05, 4.69) is 40.0 Å². The molecular weight excluding hydrogens is 326 g/mol. The Bertz CT molecular complexity index is 716. The highest BCUT2D eigenvalue weighted by atomic mass is 16.2. The van der Waals surface area contributed by atoms with Crippen LogP contribution in [0, 0.1) is 6.92 Å². The van der Waals surface area contributed by atoms with Crippen LogP contribution in [-0.4, -0.2) is 34.0 Å². The van der Waals surface area contributed by atoms with Gasteiger partial charge in [-0.2, -0.15) is 0 Å². The van der Waals surface area contributed by atoms with Gasteiger partial charge in [-0.15, -0.1) is 5.10 Å². The maximum Gasteiger partial charge on any atom is 0.278 e. The quantitative estimate of drug-likeness (QED) is 0.746. The fourth-order valence-corrected chi connectivity index (χ4v) is 3.47. The summed E-state index contributed by atoms with van der Waals surface area (Å²) < 4.78 is 1.91. The van der Waals surface area contributed by atoms with Crippen molar-refractivity contribution in [3.8, 4) is 0 Å². The number of carbonyl (C=O) groups is 1. The van der Waals surface area contributed by atoms with Gasteiger partial charge in [0.05, 0.1) is 11.7 Å². The molecule has 3 rings (SSSR count). The highest BCUT2D eigenvalue weighted by Gasteiger charge is 2.22. The first-order valence-electron chi connectivity index (χ1n) is 9.72. The minimum Gasteiger partial charge on any atom is -0.321 e. The van der Waals surface area contributed by atoms with Gasteiger partial charge in [0.1, 0.15) is 0 Å². The van der Waals surface area contributed by atoms with Gasteiger partial charge >= 0.3 is 0 Å². The van der Waals surface area contributed by atoms with Crippen LogP contribution in [0.1, 0.15) is 66.8 Å². The van der Waals surface area contributed by atoms with Crippen LogP contribution < -0.4 is 10.6 Å². The second-order valence-electron chi connectivity index (χ2n) is 7.06. The number of benzene rings is 1. The van der Waals surface area contributed by atoms with Gasteiger partial charge in [0.2, 0.25) is 0 Å². The molecule has 1 aromatic heterocycles. The van der Waals surface area contributed by atoms with Crippen LogP contribution >= 0.6 is 0 Å². The number of amides is 1. The lowest BCUT2D eigenvalue weighted by Crippen LogP contribution is -2.30. The predicted octanol–water partition coefficient (Wildman–Crippen LogP) is 3.50. The zero-order valence-corrected chi connectivity index (χ0v) is 15.8. The summed E-state index contributed by atoms with van der Waals surface area (Å²) in [6, 6.07) is 8.43. The molecule has 0 spiro atoms. The van der Waals surface area contributed by atoms with E-state index in [9.17, 15) is 4.79 Å². The number of aryl methyl sites for hydroxylation is 1. The highest BCUT2D eigenvalue weighted by Crippen LogP contribution is 2.21. The van der Waals surface area contributed by atoms with E-state index in [-0.39, 0.29) is 5.91 Å². The third-order valence-corrected chi connectivity index (χ3v) is 5.08. The molecule has 1 aliphatic rings. The summed E-state index contributed by atoms with van der Waals surface area (Å²) in [5.74, 6) is -0.193. The third-order valence-electron chi connectivity index (χ3n) is 5.08. The highest BCUT2D eigenvalue weighted by molar-refractivity contribution is 6.03. The van der Waals surface area contributed by atoms with E-state index < -0.39 is 0 Å². The lowest BCUT2D eigenvalue weighted by Gasteiger charge is -2.23. The van der Waals surface area contributed by atoms with Gasteiger partial charge in [0.25, 0.3) is 5.91 Å². The lowest BCUT2D eigenvalue weighted by molar-refractivity contribution is 0.102. The fourth-order valence-electron chi connectivity index (χ4n) is 3.47. The second kappa shape index (κ2) is 8.94. The van der Waals surface area contributed by atoms with Crippen molar-refractivity contribution in [3.63, 3.8) is 0 Å². The van der Waals surface area contributed by atoms with Crippen molar-refractivity contribution >= 4 is 11.6 Å². The number of piperidine rings is 1. The third kappa shape index (κ3) is 4.49. The molecule has 2 heterocycles. The van der Waals surface area contributed by atoms with E-state index in [1.165, 1.54) is 24.8 Å². The number of hydrogen-bond acceptors (Lipinski definition) is 4. The maximum atomic E-state index is 12.6. The van der Waals surface area contributed by atoms with Gasteiger partial charge in [0.15, 0.2) is 5.69 Å². The minimum atomic E-state index is -0.193. The molecule has 0 atom stereocenters. The molecule has 0 unspecified atom stereocenters. The Morgan fingerprint density at radius 2 is 1.96 bits per heavy atom. The molecule has 1 saturated heterocycles. The number of unbranched alkanes of at least 4 members (excludes halogenated alkanes) is 2. The van der Waals surface area contributed by atoms with E-state index in [1.807, 2.05) is 23.7 Å². The Balaban J connectivity index is 1.62. The Kier molecular flexibility index (Phi) is 6.39. The normalized spacial score (nSPS) is 15.2. The Labute approximate surface area is 155 Å². The summed E-state index contributed by atoms with van der Waals surface area (Å²) in [4.78, 5) is 12.6. The van der Waals surface area contributed by atoms with Crippen LogP contribution in [-0.2, 0) is 6.42 Å². The molecule has 0 radical (unpaired) electrons. The summed E-state index contributed by atoms with van der Waals surface area (Å²) in [7, 11) is 0. The van der Waals surface area contributed by atoms with Crippen LogP contribution in [0.4, 0.5) is 5.69 Å². The van der Waals surface area contributed by atoms with Crippen LogP contribution in [0.15, 0.2) is 24.3 Å². The number of aromatic nitrogens is 3. The number of anilines is 1. The van der Waals surface area contributed by atoms with E-state index in [0.717, 1.165) is 43.7 Å². The Hall–Kier alpha value is -2.21. The van der Waals surface area contributed by atoms with Crippen molar-refractivity contribution in [2.24, 2.45) is 0 Å². The topological polar surface area (TPSA) is 71.8 Å². The summed E-state index contributed by atoms with van der Waals surface area (Å²) in [6.45, 7) is 6.10. The van der Waals surface area contributed by atoms with Crippen molar-refractivity contribution in [3.05, 3.63) is 41.2 Å². The maximum absolute atomic E-state index is 12.6. The average Bonchev–Trinajstić information content (AvgIpc) is 3.05. The number of nitrogens with one attached hydrogen (secondary N) is 2. The predicted molar refractivity (Wildman–Crippen MR) is 104 cm³/mol.